The fourth-order valence-corrected chi connectivity index (χ4v) is 3.64. The van der Waals surface area contributed by atoms with E-state index >= 15 is 0 Å². The summed E-state index contributed by atoms with van der Waals surface area (Å²) >= 11 is 0. The predicted octanol–water partition coefficient (Wildman–Crippen LogP) is 0.292. The molecule has 0 amide bonds. The molecular weight excluding hydrogens is 292 g/mol. The Balaban J connectivity index is 1.98. The number of ether oxygens (including phenoxy) is 1. The molecule has 2 heterocycles. The highest BCUT2D eigenvalue weighted by molar-refractivity contribution is 7.89. The first-order valence-electron chi connectivity index (χ1n) is 7.34. The van der Waals surface area contributed by atoms with Crippen molar-refractivity contribution in [3.05, 3.63) is 12.4 Å². The zero-order chi connectivity index (χ0) is 15.3. The van der Waals surface area contributed by atoms with Gasteiger partial charge in [-0.05, 0) is 25.9 Å². The Bertz CT molecular complexity index is 537. The van der Waals surface area contributed by atoms with Gasteiger partial charge in [-0.25, -0.2) is 8.42 Å². The Kier molecular flexibility index (Phi) is 5.74. The zero-order valence-electron chi connectivity index (χ0n) is 12.7. The molecule has 0 saturated carbocycles. The van der Waals surface area contributed by atoms with Crippen LogP contribution in [0.3, 0.4) is 0 Å². The number of nitrogens with one attached hydrogen (secondary N) is 1. The van der Waals surface area contributed by atoms with Crippen LogP contribution in [0.4, 0.5) is 0 Å². The summed E-state index contributed by atoms with van der Waals surface area (Å²) in [6, 6.07) is -0.0768. The molecule has 1 aromatic rings. The summed E-state index contributed by atoms with van der Waals surface area (Å²) in [6.45, 7) is 5.69. The van der Waals surface area contributed by atoms with E-state index in [1.165, 1.54) is 10.5 Å². The topological polar surface area (TPSA) is 76.5 Å². The van der Waals surface area contributed by atoms with Gasteiger partial charge in [-0.3, -0.25) is 4.68 Å². The smallest absolute Gasteiger partial charge is 0.246 e. The highest BCUT2D eigenvalue weighted by Crippen LogP contribution is 2.20. The van der Waals surface area contributed by atoms with E-state index in [0.717, 1.165) is 25.9 Å². The van der Waals surface area contributed by atoms with E-state index in [9.17, 15) is 8.42 Å². The van der Waals surface area contributed by atoms with Gasteiger partial charge in [0.05, 0.1) is 18.8 Å². The number of sulfonamides is 1. The normalized spacial score (nSPS) is 19.5. The first kappa shape index (κ1) is 16.4. The van der Waals surface area contributed by atoms with Crippen LogP contribution in [-0.2, 0) is 21.3 Å². The van der Waals surface area contributed by atoms with Crippen LogP contribution in [0.5, 0.6) is 0 Å². The van der Waals surface area contributed by atoms with E-state index < -0.39 is 10.0 Å². The van der Waals surface area contributed by atoms with E-state index in [1.807, 2.05) is 0 Å². The minimum absolute atomic E-state index is 0.0768. The van der Waals surface area contributed by atoms with Crippen molar-refractivity contribution in [2.45, 2.75) is 37.2 Å². The molecule has 1 atom stereocenters. The molecule has 1 aromatic heterocycles. The molecule has 8 heteroatoms. The summed E-state index contributed by atoms with van der Waals surface area (Å²) < 4.78 is 33.4. The van der Waals surface area contributed by atoms with Gasteiger partial charge in [0.2, 0.25) is 10.0 Å². The van der Waals surface area contributed by atoms with Gasteiger partial charge < -0.3 is 10.1 Å². The van der Waals surface area contributed by atoms with Crippen molar-refractivity contribution in [1.82, 2.24) is 19.4 Å². The van der Waals surface area contributed by atoms with Crippen LogP contribution in [0.15, 0.2) is 17.3 Å². The van der Waals surface area contributed by atoms with E-state index in [1.54, 1.807) is 17.9 Å². The largest absolute Gasteiger partial charge is 0.380 e. The Morgan fingerprint density at radius 1 is 1.57 bits per heavy atom. The molecule has 1 saturated heterocycles. The van der Waals surface area contributed by atoms with E-state index in [-0.39, 0.29) is 10.9 Å². The van der Waals surface area contributed by atoms with Crippen molar-refractivity contribution in [1.29, 1.82) is 0 Å². The quantitative estimate of drug-likeness (QED) is 0.698. The number of hydrogen-bond donors (Lipinski definition) is 1. The van der Waals surface area contributed by atoms with Crippen molar-refractivity contribution in [3.63, 3.8) is 0 Å². The van der Waals surface area contributed by atoms with Crippen LogP contribution in [0.2, 0.25) is 0 Å². The molecule has 1 aliphatic rings. The average Bonchev–Trinajstić information content (AvgIpc) is 3.14. The van der Waals surface area contributed by atoms with E-state index in [2.05, 4.69) is 17.3 Å². The fraction of sp³-hybridized carbons (Fsp3) is 0.769. The summed E-state index contributed by atoms with van der Waals surface area (Å²) in [5.41, 5.74) is 0. The molecule has 0 radical (unpaired) electrons. The van der Waals surface area contributed by atoms with Gasteiger partial charge in [0.1, 0.15) is 4.90 Å². The minimum Gasteiger partial charge on any atom is -0.380 e. The van der Waals surface area contributed by atoms with E-state index in [0.29, 0.717) is 19.8 Å². The lowest BCUT2D eigenvalue weighted by molar-refractivity contribution is 0.181. The van der Waals surface area contributed by atoms with Gasteiger partial charge in [0.25, 0.3) is 0 Å². The molecule has 1 N–H and O–H groups in total. The number of aromatic nitrogens is 2. The van der Waals surface area contributed by atoms with Crippen LogP contribution in [0.25, 0.3) is 0 Å². The van der Waals surface area contributed by atoms with Crippen molar-refractivity contribution >= 4 is 10.0 Å². The van der Waals surface area contributed by atoms with Crippen LogP contribution in [-0.4, -0.2) is 61.9 Å². The van der Waals surface area contributed by atoms with Gasteiger partial charge in [-0.15, -0.1) is 0 Å². The van der Waals surface area contributed by atoms with Crippen molar-refractivity contribution in [3.8, 4) is 0 Å². The zero-order valence-corrected chi connectivity index (χ0v) is 13.5. The number of aryl methyl sites for hydroxylation is 1. The molecule has 7 nitrogen and oxygen atoms in total. The summed E-state index contributed by atoms with van der Waals surface area (Å²) in [4.78, 5) is 0.250. The molecule has 21 heavy (non-hydrogen) atoms. The molecule has 1 unspecified atom stereocenters. The average molecular weight is 316 g/mol. The second-order valence-corrected chi connectivity index (χ2v) is 7.18. The summed E-state index contributed by atoms with van der Waals surface area (Å²) in [5, 5.41) is 7.37. The Morgan fingerprint density at radius 2 is 2.38 bits per heavy atom. The Labute approximate surface area is 126 Å². The maximum Gasteiger partial charge on any atom is 0.246 e. The van der Waals surface area contributed by atoms with Crippen LogP contribution >= 0.6 is 0 Å². The third kappa shape index (κ3) is 4.03. The maximum absolute atomic E-state index is 12.5. The van der Waals surface area contributed by atoms with Gasteiger partial charge in [-0.1, -0.05) is 6.92 Å². The monoisotopic (exact) mass is 316 g/mol. The van der Waals surface area contributed by atoms with Gasteiger partial charge in [0.15, 0.2) is 0 Å². The number of hydrogen-bond acceptors (Lipinski definition) is 5. The minimum atomic E-state index is -3.48. The van der Waals surface area contributed by atoms with E-state index in [4.69, 9.17) is 4.74 Å². The van der Waals surface area contributed by atoms with Crippen molar-refractivity contribution in [2.24, 2.45) is 0 Å². The predicted molar refractivity (Wildman–Crippen MR) is 79.6 cm³/mol. The van der Waals surface area contributed by atoms with Gasteiger partial charge in [-0.2, -0.15) is 9.40 Å². The first-order valence-corrected chi connectivity index (χ1v) is 8.78. The summed E-state index contributed by atoms with van der Waals surface area (Å²) in [5.74, 6) is 0. The molecule has 0 aromatic carbocycles. The molecule has 1 aliphatic heterocycles. The lowest BCUT2D eigenvalue weighted by atomic mass is 10.3. The summed E-state index contributed by atoms with van der Waals surface area (Å²) in [6.07, 6.45) is 4.69. The number of likely N-dealkylation sites (N-methyl/N-ethyl adjacent to an activating group) is 1. The fourth-order valence-electron chi connectivity index (χ4n) is 2.31. The lowest BCUT2D eigenvalue weighted by Gasteiger charge is -2.21. The summed E-state index contributed by atoms with van der Waals surface area (Å²) in [7, 11) is -1.87. The third-order valence-electron chi connectivity index (χ3n) is 3.70. The molecule has 1 fully saturated rings. The molecular formula is C13H24N4O3S. The maximum atomic E-state index is 12.5. The standard InChI is InChI=1S/C13H24N4O3S/c1-3-14-6-4-7-17-10-13(9-15-17)21(18,19)16(2)12-5-8-20-11-12/h9-10,12,14H,3-8,11H2,1-2H3. The molecule has 0 spiro atoms. The highest BCUT2D eigenvalue weighted by Gasteiger charge is 2.31. The molecule has 0 aliphatic carbocycles. The highest BCUT2D eigenvalue weighted by atomic mass is 32.2. The second-order valence-electron chi connectivity index (χ2n) is 5.18. The molecule has 2 rings (SSSR count). The number of nitrogens with zero attached hydrogens (tertiary/aromatic N) is 3. The van der Waals surface area contributed by atoms with Crippen LogP contribution in [0.1, 0.15) is 19.8 Å². The van der Waals surface area contributed by atoms with Crippen molar-refractivity contribution < 1.29 is 13.2 Å². The lowest BCUT2D eigenvalue weighted by Crippen LogP contribution is -2.37. The number of rotatable bonds is 8. The van der Waals surface area contributed by atoms with Gasteiger partial charge in [0, 0.05) is 26.4 Å². The van der Waals surface area contributed by atoms with Crippen molar-refractivity contribution in [2.75, 3.05) is 33.4 Å². The van der Waals surface area contributed by atoms with Gasteiger partial charge >= 0.3 is 0 Å². The first-order chi connectivity index (χ1) is 10.1. The third-order valence-corrected chi connectivity index (χ3v) is 5.56. The SMILES string of the molecule is CCNCCCn1cc(S(=O)(=O)N(C)C2CCOC2)cn1. The molecule has 0 bridgehead atoms. The second kappa shape index (κ2) is 7.35. The Hall–Kier alpha value is -0.960. The Morgan fingerprint density at radius 3 is 3.05 bits per heavy atom. The molecule has 120 valence electrons. The van der Waals surface area contributed by atoms with Crippen LogP contribution < -0.4 is 5.32 Å². The van der Waals surface area contributed by atoms with Crippen LogP contribution in [0, 0.1) is 0 Å².